The molecule has 1 aromatic heterocycles. The Morgan fingerprint density at radius 2 is 2.00 bits per heavy atom. The van der Waals surface area contributed by atoms with Crippen molar-refractivity contribution in [3.63, 3.8) is 0 Å². The highest BCUT2D eigenvalue weighted by Crippen LogP contribution is 2.12. The fourth-order valence-electron chi connectivity index (χ4n) is 1.06. The number of nitrogens with zero attached hydrogens (tertiary/aromatic N) is 2. The Morgan fingerprint density at radius 3 is 2.53 bits per heavy atom. The molecule has 0 aliphatic rings. The molecule has 0 aromatic carbocycles. The Hall–Kier alpha value is -1.16. The first-order chi connectivity index (χ1) is 7.02. The average molecular weight is 209 g/mol. The summed E-state index contributed by atoms with van der Waals surface area (Å²) in [5.74, 6) is 0.440. The number of hydrogen-bond donors (Lipinski definition) is 1. The molecule has 1 rings (SSSR count). The highest BCUT2D eigenvalue weighted by atomic mass is 16.5. The standard InChI is InChI=1S/C11H19N3O/c1-7(2)9(4)15-11-13-8(3)5-10(6-12)14-11/h5,7,9H,6,12H2,1-4H3. The van der Waals surface area contributed by atoms with E-state index in [1.165, 1.54) is 0 Å². The summed E-state index contributed by atoms with van der Waals surface area (Å²) in [6, 6.07) is 2.30. The molecular formula is C11H19N3O. The van der Waals surface area contributed by atoms with Crippen molar-refractivity contribution in [3.8, 4) is 6.01 Å². The summed E-state index contributed by atoms with van der Waals surface area (Å²) in [7, 11) is 0. The second kappa shape index (κ2) is 5.07. The summed E-state index contributed by atoms with van der Waals surface area (Å²) in [4.78, 5) is 8.43. The Bertz CT molecular complexity index is 326. The zero-order valence-corrected chi connectivity index (χ0v) is 9.82. The molecule has 0 radical (unpaired) electrons. The van der Waals surface area contributed by atoms with Gasteiger partial charge in [-0.2, -0.15) is 4.98 Å². The predicted octanol–water partition coefficient (Wildman–Crippen LogP) is 1.67. The number of rotatable bonds is 4. The van der Waals surface area contributed by atoms with Gasteiger partial charge in [-0.05, 0) is 25.8 Å². The predicted molar refractivity (Wildman–Crippen MR) is 59.6 cm³/mol. The Balaban J connectivity index is 2.80. The maximum Gasteiger partial charge on any atom is 0.317 e. The Labute approximate surface area is 90.9 Å². The van der Waals surface area contributed by atoms with E-state index in [4.69, 9.17) is 10.5 Å². The molecule has 4 nitrogen and oxygen atoms in total. The fraction of sp³-hybridized carbons (Fsp3) is 0.636. The molecule has 0 saturated heterocycles. The summed E-state index contributed by atoms with van der Waals surface area (Å²) in [6.45, 7) is 8.54. The van der Waals surface area contributed by atoms with Gasteiger partial charge < -0.3 is 10.5 Å². The van der Waals surface area contributed by atoms with Crippen LogP contribution in [0.3, 0.4) is 0 Å². The van der Waals surface area contributed by atoms with Gasteiger partial charge in [0.2, 0.25) is 0 Å². The minimum absolute atomic E-state index is 0.109. The molecule has 1 heterocycles. The van der Waals surface area contributed by atoms with Gasteiger partial charge in [-0.15, -0.1) is 0 Å². The summed E-state index contributed by atoms with van der Waals surface area (Å²) in [5.41, 5.74) is 7.23. The van der Waals surface area contributed by atoms with Crippen LogP contribution in [0, 0.1) is 12.8 Å². The van der Waals surface area contributed by atoms with E-state index in [0.29, 0.717) is 18.5 Å². The maximum atomic E-state index is 5.62. The topological polar surface area (TPSA) is 61.0 Å². The number of aryl methyl sites for hydroxylation is 1. The molecule has 0 fully saturated rings. The van der Waals surface area contributed by atoms with Crippen molar-refractivity contribution >= 4 is 0 Å². The molecule has 15 heavy (non-hydrogen) atoms. The molecule has 1 aromatic rings. The van der Waals surface area contributed by atoms with Crippen molar-refractivity contribution in [2.24, 2.45) is 11.7 Å². The van der Waals surface area contributed by atoms with Gasteiger partial charge in [0.1, 0.15) is 6.10 Å². The fourth-order valence-corrected chi connectivity index (χ4v) is 1.06. The second-order valence-electron chi connectivity index (χ2n) is 4.05. The van der Waals surface area contributed by atoms with Gasteiger partial charge in [0, 0.05) is 12.2 Å². The molecule has 0 bridgehead atoms. The van der Waals surface area contributed by atoms with Crippen LogP contribution in [-0.2, 0) is 6.54 Å². The molecule has 84 valence electrons. The molecule has 1 unspecified atom stereocenters. The third-order valence-electron chi connectivity index (χ3n) is 2.33. The molecule has 0 spiro atoms. The lowest BCUT2D eigenvalue weighted by Crippen LogP contribution is -2.20. The smallest absolute Gasteiger partial charge is 0.317 e. The van der Waals surface area contributed by atoms with Crippen LogP contribution in [0.2, 0.25) is 0 Å². The molecule has 0 amide bonds. The molecule has 0 aliphatic heterocycles. The second-order valence-corrected chi connectivity index (χ2v) is 4.05. The summed E-state index contributed by atoms with van der Waals surface area (Å²) in [5, 5.41) is 0. The van der Waals surface area contributed by atoms with E-state index in [2.05, 4.69) is 23.8 Å². The van der Waals surface area contributed by atoms with Crippen LogP contribution in [0.15, 0.2) is 6.07 Å². The van der Waals surface area contributed by atoms with E-state index in [0.717, 1.165) is 11.4 Å². The third kappa shape index (κ3) is 3.47. The monoisotopic (exact) mass is 209 g/mol. The van der Waals surface area contributed by atoms with Gasteiger partial charge in [0.15, 0.2) is 0 Å². The van der Waals surface area contributed by atoms with E-state index >= 15 is 0 Å². The van der Waals surface area contributed by atoms with Crippen LogP contribution in [0.25, 0.3) is 0 Å². The first kappa shape index (κ1) is 11.9. The largest absolute Gasteiger partial charge is 0.460 e. The first-order valence-electron chi connectivity index (χ1n) is 5.24. The van der Waals surface area contributed by atoms with Crippen LogP contribution in [0.1, 0.15) is 32.2 Å². The number of aromatic nitrogens is 2. The summed E-state index contributed by atoms with van der Waals surface area (Å²) >= 11 is 0. The molecule has 0 aliphatic carbocycles. The van der Waals surface area contributed by atoms with E-state index in [1.54, 1.807) is 0 Å². The van der Waals surface area contributed by atoms with Gasteiger partial charge in [-0.3, -0.25) is 0 Å². The highest BCUT2D eigenvalue weighted by Gasteiger charge is 2.11. The SMILES string of the molecule is Cc1cc(CN)nc(OC(C)C(C)C)n1. The van der Waals surface area contributed by atoms with Crippen LogP contribution in [0.5, 0.6) is 6.01 Å². The van der Waals surface area contributed by atoms with Crippen LogP contribution < -0.4 is 10.5 Å². The highest BCUT2D eigenvalue weighted by molar-refractivity contribution is 5.12. The Morgan fingerprint density at radius 1 is 1.33 bits per heavy atom. The van der Waals surface area contributed by atoms with Gasteiger partial charge in [0.25, 0.3) is 0 Å². The first-order valence-corrected chi connectivity index (χ1v) is 5.24. The third-order valence-corrected chi connectivity index (χ3v) is 2.33. The molecule has 1 atom stereocenters. The van der Waals surface area contributed by atoms with Crippen LogP contribution >= 0.6 is 0 Å². The average Bonchev–Trinajstić information content (AvgIpc) is 2.16. The zero-order chi connectivity index (χ0) is 11.4. The van der Waals surface area contributed by atoms with E-state index < -0.39 is 0 Å². The quantitative estimate of drug-likeness (QED) is 0.819. The number of ether oxygens (including phenoxy) is 1. The van der Waals surface area contributed by atoms with E-state index in [9.17, 15) is 0 Å². The van der Waals surface area contributed by atoms with Crippen LogP contribution in [-0.4, -0.2) is 16.1 Å². The number of hydrogen-bond acceptors (Lipinski definition) is 4. The van der Waals surface area contributed by atoms with E-state index in [1.807, 2.05) is 19.9 Å². The molecule has 2 N–H and O–H groups in total. The Kier molecular flexibility index (Phi) is 4.03. The minimum atomic E-state index is 0.109. The van der Waals surface area contributed by atoms with Crippen molar-refractivity contribution in [3.05, 3.63) is 17.5 Å². The lowest BCUT2D eigenvalue weighted by Gasteiger charge is -2.16. The van der Waals surface area contributed by atoms with Gasteiger partial charge in [0.05, 0.1) is 5.69 Å². The van der Waals surface area contributed by atoms with Gasteiger partial charge >= 0.3 is 6.01 Å². The zero-order valence-electron chi connectivity index (χ0n) is 9.82. The van der Waals surface area contributed by atoms with Gasteiger partial charge in [-0.25, -0.2) is 4.98 Å². The summed E-state index contributed by atoms with van der Waals surface area (Å²) in [6.07, 6.45) is 0.109. The lowest BCUT2D eigenvalue weighted by atomic mass is 10.1. The minimum Gasteiger partial charge on any atom is -0.460 e. The molecule has 0 saturated carbocycles. The van der Waals surface area contributed by atoms with Crippen molar-refractivity contribution in [1.29, 1.82) is 0 Å². The maximum absolute atomic E-state index is 5.62. The van der Waals surface area contributed by atoms with Gasteiger partial charge in [-0.1, -0.05) is 13.8 Å². The molecular weight excluding hydrogens is 190 g/mol. The normalized spacial score (nSPS) is 12.9. The lowest BCUT2D eigenvalue weighted by molar-refractivity contribution is 0.155. The van der Waals surface area contributed by atoms with E-state index in [-0.39, 0.29) is 6.10 Å². The number of nitrogens with two attached hydrogens (primary N) is 1. The van der Waals surface area contributed by atoms with Crippen molar-refractivity contribution in [2.45, 2.75) is 40.3 Å². The van der Waals surface area contributed by atoms with Crippen molar-refractivity contribution in [1.82, 2.24) is 9.97 Å². The van der Waals surface area contributed by atoms with Crippen molar-refractivity contribution < 1.29 is 4.74 Å². The summed E-state index contributed by atoms with van der Waals surface area (Å²) < 4.78 is 5.62. The molecule has 4 heteroatoms. The van der Waals surface area contributed by atoms with Crippen molar-refractivity contribution in [2.75, 3.05) is 0 Å². The van der Waals surface area contributed by atoms with Crippen LogP contribution in [0.4, 0.5) is 0 Å².